The zero-order valence-electron chi connectivity index (χ0n) is 8.06. The molecular formula is C10H21N. The molecule has 1 aliphatic rings. The molecule has 0 aliphatic carbocycles. The van der Waals surface area contributed by atoms with Gasteiger partial charge in [-0.15, -0.1) is 0 Å². The molecule has 0 aromatic heterocycles. The fraction of sp³-hybridized carbons (Fsp3) is 1.00. The summed E-state index contributed by atoms with van der Waals surface area (Å²) in [6.45, 7) is 8.19. The Morgan fingerprint density at radius 3 is 2.36 bits per heavy atom. The van der Waals surface area contributed by atoms with Gasteiger partial charge >= 0.3 is 0 Å². The Balaban J connectivity index is 2.34. The average molecular weight is 155 g/mol. The topological polar surface area (TPSA) is 12.0 Å². The molecule has 1 nitrogen and oxygen atoms in total. The van der Waals surface area contributed by atoms with Gasteiger partial charge in [0.1, 0.15) is 0 Å². The molecule has 0 saturated carbocycles. The van der Waals surface area contributed by atoms with Crippen molar-refractivity contribution in [2.75, 3.05) is 6.54 Å². The van der Waals surface area contributed by atoms with E-state index in [0.29, 0.717) is 0 Å². The lowest BCUT2D eigenvalue weighted by molar-refractivity contribution is 0.362. The average Bonchev–Trinajstić information content (AvgIpc) is 2.39. The molecule has 1 heterocycles. The van der Waals surface area contributed by atoms with Crippen molar-refractivity contribution >= 4 is 0 Å². The van der Waals surface area contributed by atoms with Crippen LogP contribution in [0, 0.1) is 11.8 Å². The standard InChI is InChI=1S/C10H21N/c1-4-9(5-2)10-6-8(3)7-11-10/h8-11H,4-7H2,1-3H3. The van der Waals surface area contributed by atoms with Crippen LogP contribution in [0.4, 0.5) is 0 Å². The van der Waals surface area contributed by atoms with Crippen molar-refractivity contribution in [2.45, 2.75) is 46.1 Å². The van der Waals surface area contributed by atoms with Crippen LogP contribution in [0.2, 0.25) is 0 Å². The van der Waals surface area contributed by atoms with E-state index < -0.39 is 0 Å². The third kappa shape index (κ3) is 2.19. The highest BCUT2D eigenvalue weighted by Crippen LogP contribution is 2.23. The van der Waals surface area contributed by atoms with Crippen LogP contribution in [-0.2, 0) is 0 Å². The van der Waals surface area contributed by atoms with Gasteiger partial charge in [0.2, 0.25) is 0 Å². The molecule has 1 rings (SSSR count). The van der Waals surface area contributed by atoms with E-state index in [1.54, 1.807) is 0 Å². The summed E-state index contributed by atoms with van der Waals surface area (Å²) in [6, 6.07) is 0.819. The summed E-state index contributed by atoms with van der Waals surface area (Å²) in [7, 11) is 0. The monoisotopic (exact) mass is 155 g/mol. The van der Waals surface area contributed by atoms with Gasteiger partial charge in [-0.25, -0.2) is 0 Å². The molecule has 0 amide bonds. The summed E-state index contributed by atoms with van der Waals surface area (Å²) in [4.78, 5) is 0. The van der Waals surface area contributed by atoms with E-state index in [1.165, 1.54) is 25.8 Å². The minimum Gasteiger partial charge on any atom is -0.313 e. The summed E-state index contributed by atoms with van der Waals surface area (Å²) in [5, 5.41) is 3.61. The van der Waals surface area contributed by atoms with Crippen LogP contribution < -0.4 is 5.32 Å². The van der Waals surface area contributed by atoms with Crippen molar-refractivity contribution in [1.82, 2.24) is 5.32 Å². The van der Waals surface area contributed by atoms with Crippen molar-refractivity contribution in [3.05, 3.63) is 0 Å². The lowest BCUT2D eigenvalue weighted by Crippen LogP contribution is -2.29. The van der Waals surface area contributed by atoms with Gasteiger partial charge in [-0.1, -0.05) is 33.6 Å². The van der Waals surface area contributed by atoms with Crippen LogP contribution in [0.1, 0.15) is 40.0 Å². The quantitative estimate of drug-likeness (QED) is 0.660. The predicted molar refractivity (Wildman–Crippen MR) is 49.6 cm³/mol. The molecule has 0 spiro atoms. The van der Waals surface area contributed by atoms with Gasteiger partial charge in [-0.05, 0) is 24.8 Å². The molecule has 0 radical (unpaired) electrons. The smallest absolute Gasteiger partial charge is 0.00982 e. The lowest BCUT2D eigenvalue weighted by atomic mass is 9.91. The molecule has 1 fully saturated rings. The normalized spacial score (nSPS) is 31.6. The van der Waals surface area contributed by atoms with Crippen LogP contribution in [0.15, 0.2) is 0 Å². The summed E-state index contributed by atoms with van der Waals surface area (Å²) in [5.41, 5.74) is 0. The van der Waals surface area contributed by atoms with Gasteiger partial charge in [-0.2, -0.15) is 0 Å². The first-order chi connectivity index (χ1) is 5.27. The molecule has 1 heteroatoms. The Labute approximate surface area is 70.6 Å². The van der Waals surface area contributed by atoms with E-state index in [2.05, 4.69) is 26.1 Å². The number of rotatable bonds is 3. The fourth-order valence-corrected chi connectivity index (χ4v) is 2.17. The Morgan fingerprint density at radius 2 is 2.00 bits per heavy atom. The maximum absolute atomic E-state index is 3.61. The largest absolute Gasteiger partial charge is 0.313 e. The maximum atomic E-state index is 3.61. The number of hydrogen-bond acceptors (Lipinski definition) is 1. The van der Waals surface area contributed by atoms with E-state index in [1.807, 2.05) is 0 Å². The molecule has 0 aromatic carbocycles. The first kappa shape index (κ1) is 9.05. The third-order valence-corrected chi connectivity index (χ3v) is 3.00. The molecule has 11 heavy (non-hydrogen) atoms. The molecular weight excluding hydrogens is 134 g/mol. The minimum atomic E-state index is 0.819. The van der Waals surface area contributed by atoms with Gasteiger partial charge in [0, 0.05) is 6.04 Å². The van der Waals surface area contributed by atoms with E-state index >= 15 is 0 Å². The SMILES string of the molecule is CCC(CC)C1CC(C)CN1. The summed E-state index contributed by atoms with van der Waals surface area (Å²) >= 11 is 0. The molecule has 2 unspecified atom stereocenters. The highest BCUT2D eigenvalue weighted by molar-refractivity contribution is 4.83. The van der Waals surface area contributed by atoms with Crippen LogP contribution in [-0.4, -0.2) is 12.6 Å². The molecule has 2 atom stereocenters. The van der Waals surface area contributed by atoms with E-state index in [4.69, 9.17) is 0 Å². The fourth-order valence-electron chi connectivity index (χ4n) is 2.17. The number of hydrogen-bond donors (Lipinski definition) is 1. The second kappa shape index (κ2) is 4.10. The van der Waals surface area contributed by atoms with Gasteiger partial charge in [0.05, 0.1) is 0 Å². The molecule has 66 valence electrons. The molecule has 1 saturated heterocycles. The van der Waals surface area contributed by atoms with E-state index in [0.717, 1.165) is 17.9 Å². The Morgan fingerprint density at radius 1 is 1.36 bits per heavy atom. The predicted octanol–water partition coefficient (Wildman–Crippen LogP) is 2.42. The van der Waals surface area contributed by atoms with Gasteiger partial charge in [0.25, 0.3) is 0 Å². The van der Waals surface area contributed by atoms with Crippen molar-refractivity contribution < 1.29 is 0 Å². The van der Waals surface area contributed by atoms with Gasteiger partial charge < -0.3 is 5.32 Å². The maximum Gasteiger partial charge on any atom is 0.00982 e. The highest BCUT2D eigenvalue weighted by Gasteiger charge is 2.25. The second-order valence-corrected chi connectivity index (χ2v) is 3.93. The molecule has 1 N–H and O–H groups in total. The van der Waals surface area contributed by atoms with Crippen LogP contribution in [0.3, 0.4) is 0 Å². The summed E-state index contributed by atoms with van der Waals surface area (Å²) < 4.78 is 0. The summed E-state index contributed by atoms with van der Waals surface area (Å²) in [6.07, 6.45) is 4.06. The Hall–Kier alpha value is -0.0400. The van der Waals surface area contributed by atoms with E-state index in [9.17, 15) is 0 Å². The Kier molecular flexibility index (Phi) is 3.38. The van der Waals surface area contributed by atoms with Crippen LogP contribution in [0.5, 0.6) is 0 Å². The zero-order chi connectivity index (χ0) is 8.27. The molecule has 0 bridgehead atoms. The first-order valence-corrected chi connectivity index (χ1v) is 5.01. The number of nitrogens with one attached hydrogen (secondary N) is 1. The molecule has 0 aromatic rings. The van der Waals surface area contributed by atoms with Crippen molar-refractivity contribution in [3.8, 4) is 0 Å². The van der Waals surface area contributed by atoms with Crippen molar-refractivity contribution in [3.63, 3.8) is 0 Å². The van der Waals surface area contributed by atoms with Crippen LogP contribution in [0.25, 0.3) is 0 Å². The summed E-state index contributed by atoms with van der Waals surface area (Å²) in [5.74, 6) is 1.82. The first-order valence-electron chi connectivity index (χ1n) is 5.01. The zero-order valence-corrected chi connectivity index (χ0v) is 8.06. The van der Waals surface area contributed by atoms with E-state index in [-0.39, 0.29) is 0 Å². The van der Waals surface area contributed by atoms with Gasteiger partial charge in [0.15, 0.2) is 0 Å². The lowest BCUT2D eigenvalue weighted by Gasteiger charge is -2.20. The second-order valence-electron chi connectivity index (χ2n) is 3.93. The minimum absolute atomic E-state index is 0.819. The van der Waals surface area contributed by atoms with Crippen LogP contribution >= 0.6 is 0 Å². The highest BCUT2D eigenvalue weighted by atomic mass is 15.0. The van der Waals surface area contributed by atoms with Gasteiger partial charge in [-0.3, -0.25) is 0 Å². The molecule has 1 aliphatic heterocycles. The van der Waals surface area contributed by atoms with Crippen molar-refractivity contribution in [2.24, 2.45) is 11.8 Å². The third-order valence-electron chi connectivity index (χ3n) is 3.00. The Bertz CT molecular complexity index is 107. The van der Waals surface area contributed by atoms with Crippen molar-refractivity contribution in [1.29, 1.82) is 0 Å².